The zero-order chi connectivity index (χ0) is 8.43. The average Bonchev–Trinajstić information content (AvgIpc) is 2.01. The van der Waals surface area contributed by atoms with Gasteiger partial charge in [0.2, 0.25) is 0 Å². The van der Waals surface area contributed by atoms with Crippen LogP contribution in [0.3, 0.4) is 0 Å². The van der Waals surface area contributed by atoms with Crippen LogP contribution in [0.25, 0.3) is 0 Å². The van der Waals surface area contributed by atoms with Gasteiger partial charge in [0, 0.05) is 0 Å². The molecule has 0 spiro atoms. The van der Waals surface area contributed by atoms with E-state index in [1.165, 1.54) is 0 Å². The van der Waals surface area contributed by atoms with Gasteiger partial charge in [-0.25, -0.2) is 0 Å². The summed E-state index contributed by atoms with van der Waals surface area (Å²) in [7, 11) is 0. The lowest BCUT2D eigenvalue weighted by molar-refractivity contribution is -0.195. The third-order valence-electron chi connectivity index (χ3n) is 1.79. The second kappa shape index (κ2) is 3.46. The third kappa shape index (κ3) is 1.69. The Kier molecular flexibility index (Phi) is 2.80. The molecule has 66 valence electrons. The lowest BCUT2D eigenvalue weighted by atomic mass is 10.0. The highest BCUT2D eigenvalue weighted by atomic mass is 16.5. The maximum atomic E-state index is 9.11. The van der Waals surface area contributed by atoms with Crippen LogP contribution in [0.1, 0.15) is 0 Å². The van der Waals surface area contributed by atoms with Crippen LogP contribution in [0.2, 0.25) is 0 Å². The fourth-order valence-corrected chi connectivity index (χ4v) is 1.03. The Morgan fingerprint density at radius 3 is 2.36 bits per heavy atom. The zero-order valence-corrected chi connectivity index (χ0v) is 5.92. The molecule has 0 saturated carbocycles. The van der Waals surface area contributed by atoms with Crippen molar-refractivity contribution in [2.75, 3.05) is 13.2 Å². The van der Waals surface area contributed by atoms with Crippen molar-refractivity contribution in [2.24, 2.45) is 0 Å². The van der Waals surface area contributed by atoms with E-state index in [-0.39, 0.29) is 13.2 Å². The molecule has 1 aliphatic rings. The average molecular weight is 164 g/mol. The minimum Gasteiger partial charge on any atom is -0.394 e. The van der Waals surface area contributed by atoms with Crippen LogP contribution in [-0.4, -0.2) is 58.1 Å². The maximum absolute atomic E-state index is 9.11. The van der Waals surface area contributed by atoms with Crippen LogP contribution in [0.4, 0.5) is 0 Å². The molecule has 1 rings (SSSR count). The van der Waals surface area contributed by atoms with E-state index in [0.717, 1.165) is 0 Å². The molecule has 11 heavy (non-hydrogen) atoms. The smallest absolute Gasteiger partial charge is 0.111 e. The second-order valence-corrected chi connectivity index (χ2v) is 2.60. The van der Waals surface area contributed by atoms with Gasteiger partial charge < -0.3 is 25.2 Å². The van der Waals surface area contributed by atoms with E-state index in [9.17, 15) is 0 Å². The second-order valence-electron chi connectivity index (χ2n) is 2.60. The molecule has 4 atom stereocenters. The molecule has 4 N–H and O–H groups in total. The summed E-state index contributed by atoms with van der Waals surface area (Å²) in [4.78, 5) is 0. The first-order chi connectivity index (χ1) is 5.16. The third-order valence-corrected chi connectivity index (χ3v) is 1.79. The minimum atomic E-state index is -1.22. The fraction of sp³-hybridized carbons (Fsp3) is 1.00. The molecule has 1 heterocycles. The molecule has 1 aliphatic heterocycles. The summed E-state index contributed by atoms with van der Waals surface area (Å²) in [5.74, 6) is 0. The number of hydrogen-bond donors (Lipinski definition) is 4. The Morgan fingerprint density at radius 1 is 1.18 bits per heavy atom. The normalized spacial score (nSPS) is 45.8. The molecule has 0 radical (unpaired) electrons. The van der Waals surface area contributed by atoms with Gasteiger partial charge in [-0.1, -0.05) is 0 Å². The molecular formula is C6H12O5. The van der Waals surface area contributed by atoms with Gasteiger partial charge in [-0.3, -0.25) is 0 Å². The van der Waals surface area contributed by atoms with Gasteiger partial charge in [0.05, 0.1) is 13.2 Å². The van der Waals surface area contributed by atoms with Crippen LogP contribution in [0.5, 0.6) is 0 Å². The van der Waals surface area contributed by atoms with Gasteiger partial charge in [-0.15, -0.1) is 0 Å². The Labute approximate surface area is 63.8 Å². The number of hydrogen-bond acceptors (Lipinski definition) is 5. The van der Waals surface area contributed by atoms with Crippen molar-refractivity contribution >= 4 is 0 Å². The Morgan fingerprint density at radius 2 is 1.82 bits per heavy atom. The SMILES string of the molecule is OC[C@H]1OC[C@@H](O)C(O)C1O. The monoisotopic (exact) mass is 164 g/mol. The molecule has 0 aromatic heterocycles. The predicted molar refractivity (Wildman–Crippen MR) is 34.8 cm³/mol. The molecule has 1 saturated heterocycles. The van der Waals surface area contributed by atoms with E-state index in [0.29, 0.717) is 0 Å². The van der Waals surface area contributed by atoms with Gasteiger partial charge in [0.15, 0.2) is 0 Å². The van der Waals surface area contributed by atoms with Crippen LogP contribution in [-0.2, 0) is 4.74 Å². The van der Waals surface area contributed by atoms with E-state index < -0.39 is 24.4 Å². The molecular weight excluding hydrogens is 152 g/mol. The van der Waals surface area contributed by atoms with E-state index >= 15 is 0 Å². The number of rotatable bonds is 1. The summed E-state index contributed by atoms with van der Waals surface area (Å²) in [6.45, 7) is -0.408. The van der Waals surface area contributed by atoms with Crippen molar-refractivity contribution in [3.05, 3.63) is 0 Å². The van der Waals surface area contributed by atoms with Gasteiger partial charge in [-0.2, -0.15) is 0 Å². The standard InChI is InChI=1S/C6H12O5/c7-1-4-6(10)5(9)3(8)2-11-4/h3-10H,1-2H2/t3-,4-,5?,6?/m1/s1. The van der Waals surface area contributed by atoms with E-state index in [1.54, 1.807) is 0 Å². The Bertz CT molecular complexity index is 126. The largest absolute Gasteiger partial charge is 0.394 e. The van der Waals surface area contributed by atoms with Crippen LogP contribution < -0.4 is 0 Å². The summed E-state index contributed by atoms with van der Waals surface area (Å²) < 4.78 is 4.81. The molecule has 2 unspecified atom stereocenters. The fourth-order valence-electron chi connectivity index (χ4n) is 1.03. The maximum Gasteiger partial charge on any atom is 0.111 e. The molecule has 5 heteroatoms. The molecule has 0 aromatic rings. The summed E-state index contributed by atoms with van der Waals surface area (Å²) in [5.41, 5.74) is 0. The van der Waals surface area contributed by atoms with Gasteiger partial charge in [0.1, 0.15) is 24.4 Å². The van der Waals surface area contributed by atoms with Crippen molar-refractivity contribution in [2.45, 2.75) is 24.4 Å². The summed E-state index contributed by atoms with van der Waals surface area (Å²) in [6.07, 6.45) is -4.27. The molecule has 0 aromatic carbocycles. The first-order valence-corrected chi connectivity index (χ1v) is 3.43. The van der Waals surface area contributed by atoms with Gasteiger partial charge in [-0.05, 0) is 0 Å². The molecule has 0 aliphatic carbocycles. The first-order valence-electron chi connectivity index (χ1n) is 3.43. The molecule has 0 bridgehead atoms. The van der Waals surface area contributed by atoms with Crippen molar-refractivity contribution < 1.29 is 25.2 Å². The van der Waals surface area contributed by atoms with Crippen LogP contribution in [0, 0.1) is 0 Å². The number of aliphatic hydroxyl groups is 4. The van der Waals surface area contributed by atoms with Crippen molar-refractivity contribution in [3.63, 3.8) is 0 Å². The zero-order valence-electron chi connectivity index (χ0n) is 5.92. The van der Waals surface area contributed by atoms with Crippen molar-refractivity contribution in [3.8, 4) is 0 Å². The summed E-state index contributed by atoms with van der Waals surface area (Å²) >= 11 is 0. The highest BCUT2D eigenvalue weighted by Crippen LogP contribution is 2.14. The quantitative estimate of drug-likeness (QED) is 0.343. The van der Waals surface area contributed by atoms with Crippen molar-refractivity contribution in [1.29, 1.82) is 0 Å². The lowest BCUT2D eigenvalue weighted by Crippen LogP contribution is -2.53. The van der Waals surface area contributed by atoms with Crippen LogP contribution >= 0.6 is 0 Å². The molecule has 1 fully saturated rings. The first kappa shape index (κ1) is 8.89. The minimum absolute atomic E-state index is 0.0521. The number of ether oxygens (including phenoxy) is 1. The van der Waals surface area contributed by atoms with E-state index in [2.05, 4.69) is 0 Å². The topological polar surface area (TPSA) is 90.2 Å². The summed E-state index contributed by atoms with van der Waals surface area (Å²) in [5, 5.41) is 35.7. The van der Waals surface area contributed by atoms with Gasteiger partial charge in [0.25, 0.3) is 0 Å². The Balaban J connectivity index is 2.52. The van der Waals surface area contributed by atoms with Gasteiger partial charge >= 0.3 is 0 Å². The van der Waals surface area contributed by atoms with Crippen LogP contribution in [0.15, 0.2) is 0 Å². The van der Waals surface area contributed by atoms with Crippen molar-refractivity contribution in [1.82, 2.24) is 0 Å². The summed E-state index contributed by atoms with van der Waals surface area (Å²) in [6, 6.07) is 0. The number of aliphatic hydroxyl groups excluding tert-OH is 4. The highest BCUT2D eigenvalue weighted by molar-refractivity contribution is 4.85. The lowest BCUT2D eigenvalue weighted by Gasteiger charge is -2.34. The molecule has 5 nitrogen and oxygen atoms in total. The molecule has 0 amide bonds. The Hall–Kier alpha value is -0.200. The predicted octanol–water partition coefficient (Wildman–Crippen LogP) is -2.54. The van der Waals surface area contributed by atoms with E-state index in [4.69, 9.17) is 25.2 Å². The van der Waals surface area contributed by atoms with E-state index in [1.807, 2.05) is 0 Å². The highest BCUT2D eigenvalue weighted by Gasteiger charge is 2.36.